The van der Waals surface area contributed by atoms with Gasteiger partial charge in [-0.05, 0) is 41.9 Å². The lowest BCUT2D eigenvalue weighted by atomic mass is 10.00. The van der Waals surface area contributed by atoms with E-state index in [1.54, 1.807) is 0 Å². The lowest BCUT2D eigenvalue weighted by Gasteiger charge is -2.04. The third-order valence-electron chi connectivity index (χ3n) is 4.97. The van der Waals surface area contributed by atoms with Crippen molar-refractivity contribution in [3.63, 3.8) is 0 Å². The van der Waals surface area contributed by atoms with Crippen LogP contribution in [0.25, 0.3) is 0 Å². The second-order valence-corrected chi connectivity index (χ2v) is 5.98. The van der Waals surface area contributed by atoms with Crippen molar-refractivity contribution in [2.45, 2.75) is 38.9 Å². The number of hydrogen-bond donors (Lipinski definition) is 0. The minimum atomic E-state index is 0.341. The van der Waals surface area contributed by atoms with Crippen LogP contribution in [-0.4, -0.2) is 5.78 Å². The third kappa shape index (κ3) is 1.55. The standard InChI is InChI=1S/C16H18O2/c17-16(15-13-3-1-2-4-14(13)15)10-5-6-11-8-18-9-12(11)7-10/h5-7,13-15H,1-4,8-9H2. The number of ketones is 1. The summed E-state index contributed by atoms with van der Waals surface area (Å²) in [6.45, 7) is 1.38. The van der Waals surface area contributed by atoms with Gasteiger partial charge in [0.25, 0.3) is 0 Å². The fourth-order valence-electron chi connectivity index (χ4n) is 3.90. The van der Waals surface area contributed by atoms with Gasteiger partial charge in [-0.3, -0.25) is 4.79 Å². The van der Waals surface area contributed by atoms with Crippen molar-refractivity contribution in [2.75, 3.05) is 0 Å². The van der Waals surface area contributed by atoms with Crippen LogP contribution < -0.4 is 0 Å². The van der Waals surface area contributed by atoms with E-state index in [1.165, 1.54) is 36.8 Å². The average Bonchev–Trinajstić information content (AvgIpc) is 2.95. The summed E-state index contributed by atoms with van der Waals surface area (Å²) in [6, 6.07) is 6.14. The SMILES string of the molecule is O=C(c1ccc2c(c1)COC2)C1C2CCCCC21. The first kappa shape index (κ1) is 10.7. The fourth-order valence-corrected chi connectivity index (χ4v) is 3.90. The molecule has 0 radical (unpaired) electrons. The minimum Gasteiger partial charge on any atom is -0.372 e. The lowest BCUT2D eigenvalue weighted by molar-refractivity contribution is 0.0956. The first-order valence-corrected chi connectivity index (χ1v) is 7.08. The summed E-state index contributed by atoms with van der Waals surface area (Å²) in [5, 5.41) is 0. The Balaban J connectivity index is 1.58. The first-order valence-electron chi connectivity index (χ1n) is 7.08. The van der Waals surface area contributed by atoms with Crippen molar-refractivity contribution in [2.24, 2.45) is 17.8 Å². The summed E-state index contributed by atoms with van der Waals surface area (Å²) >= 11 is 0. The van der Waals surface area contributed by atoms with E-state index < -0.39 is 0 Å². The number of carbonyl (C=O) groups excluding carboxylic acids is 1. The number of carbonyl (C=O) groups is 1. The van der Waals surface area contributed by atoms with Gasteiger partial charge >= 0.3 is 0 Å². The molecule has 2 fully saturated rings. The molecular weight excluding hydrogens is 224 g/mol. The van der Waals surface area contributed by atoms with Crippen LogP contribution in [0.1, 0.15) is 47.2 Å². The Morgan fingerprint density at radius 3 is 2.56 bits per heavy atom. The molecule has 3 aliphatic rings. The van der Waals surface area contributed by atoms with Crippen molar-refractivity contribution >= 4 is 5.78 Å². The number of rotatable bonds is 2. The Bertz CT molecular complexity index is 494. The number of ether oxygens (including phenoxy) is 1. The molecule has 1 aliphatic heterocycles. The van der Waals surface area contributed by atoms with E-state index in [-0.39, 0.29) is 0 Å². The summed E-state index contributed by atoms with van der Waals surface area (Å²) in [5.74, 6) is 2.14. The average molecular weight is 242 g/mol. The molecule has 2 heteroatoms. The van der Waals surface area contributed by atoms with E-state index >= 15 is 0 Å². The molecule has 0 saturated heterocycles. The first-order chi connectivity index (χ1) is 8.84. The highest BCUT2D eigenvalue weighted by Gasteiger charge is 2.54. The van der Waals surface area contributed by atoms with E-state index in [4.69, 9.17) is 4.74 Å². The number of Topliss-reactive ketones (excluding diaryl/α,β-unsaturated/α-hetero) is 1. The van der Waals surface area contributed by atoms with Gasteiger partial charge in [0.1, 0.15) is 0 Å². The zero-order valence-corrected chi connectivity index (χ0v) is 10.5. The van der Waals surface area contributed by atoms with Crippen LogP contribution in [0.3, 0.4) is 0 Å². The fraction of sp³-hybridized carbons (Fsp3) is 0.562. The number of benzene rings is 1. The van der Waals surface area contributed by atoms with Crippen LogP contribution in [-0.2, 0) is 18.0 Å². The molecule has 2 atom stereocenters. The Labute approximate surface area is 107 Å². The maximum absolute atomic E-state index is 12.5. The Morgan fingerprint density at radius 1 is 1.06 bits per heavy atom. The van der Waals surface area contributed by atoms with Crippen molar-refractivity contribution in [1.29, 1.82) is 0 Å². The number of hydrogen-bond acceptors (Lipinski definition) is 2. The predicted octanol–water partition coefficient (Wildman–Crippen LogP) is 3.34. The van der Waals surface area contributed by atoms with Crippen molar-refractivity contribution < 1.29 is 9.53 Å². The van der Waals surface area contributed by atoms with Crippen LogP contribution in [0.4, 0.5) is 0 Å². The van der Waals surface area contributed by atoms with Crippen molar-refractivity contribution in [3.05, 3.63) is 34.9 Å². The molecule has 4 rings (SSSR count). The maximum Gasteiger partial charge on any atom is 0.166 e. The van der Waals surface area contributed by atoms with E-state index in [9.17, 15) is 4.79 Å². The summed E-state index contributed by atoms with van der Waals surface area (Å²) in [4.78, 5) is 12.5. The van der Waals surface area contributed by atoms with Gasteiger partial charge in [-0.25, -0.2) is 0 Å². The highest BCUT2D eigenvalue weighted by atomic mass is 16.5. The van der Waals surface area contributed by atoms with E-state index in [0.29, 0.717) is 36.8 Å². The van der Waals surface area contributed by atoms with Gasteiger partial charge in [-0.2, -0.15) is 0 Å². The lowest BCUT2D eigenvalue weighted by Crippen LogP contribution is -2.05. The van der Waals surface area contributed by atoms with Gasteiger partial charge in [0.2, 0.25) is 0 Å². The van der Waals surface area contributed by atoms with Crippen molar-refractivity contribution in [3.8, 4) is 0 Å². The minimum absolute atomic E-state index is 0.341. The molecule has 1 aromatic carbocycles. The Kier molecular flexibility index (Phi) is 2.34. The molecule has 94 valence electrons. The van der Waals surface area contributed by atoms with E-state index in [0.717, 1.165) is 5.56 Å². The van der Waals surface area contributed by atoms with E-state index in [1.807, 2.05) is 6.07 Å². The van der Waals surface area contributed by atoms with Gasteiger partial charge in [0.15, 0.2) is 5.78 Å². The van der Waals surface area contributed by atoms with Gasteiger partial charge in [-0.15, -0.1) is 0 Å². The van der Waals surface area contributed by atoms with Crippen LogP contribution in [0, 0.1) is 17.8 Å². The summed E-state index contributed by atoms with van der Waals surface area (Å²) in [5.41, 5.74) is 3.38. The monoisotopic (exact) mass is 242 g/mol. The molecule has 0 N–H and O–H groups in total. The van der Waals surface area contributed by atoms with Crippen LogP contribution in [0.15, 0.2) is 18.2 Å². The Morgan fingerprint density at radius 2 is 1.78 bits per heavy atom. The quantitative estimate of drug-likeness (QED) is 0.743. The molecule has 0 aromatic heterocycles. The van der Waals surface area contributed by atoms with Crippen LogP contribution >= 0.6 is 0 Å². The highest BCUT2D eigenvalue weighted by molar-refractivity contribution is 6.00. The maximum atomic E-state index is 12.5. The zero-order valence-electron chi connectivity index (χ0n) is 10.5. The molecule has 18 heavy (non-hydrogen) atoms. The van der Waals surface area contributed by atoms with E-state index in [2.05, 4.69) is 12.1 Å². The molecule has 1 heterocycles. The third-order valence-corrected chi connectivity index (χ3v) is 4.97. The predicted molar refractivity (Wildman–Crippen MR) is 68.2 cm³/mol. The van der Waals surface area contributed by atoms with Crippen LogP contribution in [0.2, 0.25) is 0 Å². The Hall–Kier alpha value is -1.15. The van der Waals surface area contributed by atoms with Gasteiger partial charge in [0, 0.05) is 11.5 Å². The second-order valence-electron chi connectivity index (χ2n) is 5.98. The van der Waals surface area contributed by atoms with Crippen molar-refractivity contribution in [1.82, 2.24) is 0 Å². The largest absolute Gasteiger partial charge is 0.372 e. The van der Waals surface area contributed by atoms with Gasteiger partial charge in [-0.1, -0.05) is 25.0 Å². The summed E-state index contributed by atoms with van der Waals surface area (Å²) in [6.07, 6.45) is 5.19. The number of fused-ring (bicyclic) bond motifs is 2. The molecule has 2 aliphatic carbocycles. The molecule has 0 spiro atoms. The molecular formula is C16H18O2. The topological polar surface area (TPSA) is 26.3 Å². The molecule has 2 saturated carbocycles. The van der Waals surface area contributed by atoms with Crippen LogP contribution in [0.5, 0.6) is 0 Å². The molecule has 2 unspecified atom stereocenters. The second kappa shape index (κ2) is 3.92. The molecule has 2 nitrogen and oxygen atoms in total. The summed E-state index contributed by atoms with van der Waals surface area (Å²) in [7, 11) is 0. The van der Waals surface area contributed by atoms with Gasteiger partial charge < -0.3 is 4.74 Å². The summed E-state index contributed by atoms with van der Waals surface area (Å²) < 4.78 is 5.41. The molecule has 0 amide bonds. The van der Waals surface area contributed by atoms with Gasteiger partial charge in [0.05, 0.1) is 13.2 Å². The highest BCUT2D eigenvalue weighted by Crippen LogP contribution is 2.56. The zero-order chi connectivity index (χ0) is 12.1. The smallest absolute Gasteiger partial charge is 0.166 e. The normalized spacial score (nSPS) is 32.8. The molecule has 1 aromatic rings. The molecule has 0 bridgehead atoms.